The van der Waals surface area contributed by atoms with Crippen molar-refractivity contribution in [1.82, 2.24) is 0 Å². The lowest BCUT2D eigenvalue weighted by atomic mass is 10.6. The van der Waals surface area contributed by atoms with E-state index in [-0.39, 0.29) is 12.4 Å². The van der Waals surface area contributed by atoms with Gasteiger partial charge in [-0.25, -0.2) is 0 Å². The van der Waals surface area contributed by atoms with Crippen LogP contribution in [-0.2, 0) is 0 Å². The maximum Gasteiger partial charge on any atom is 0.0963 e. The van der Waals surface area contributed by atoms with Crippen LogP contribution in [0.25, 0.3) is 10.4 Å². The summed E-state index contributed by atoms with van der Waals surface area (Å²) in [4.78, 5) is 2.38. The third kappa shape index (κ3) is 4.78. The summed E-state index contributed by atoms with van der Waals surface area (Å²) in [5.41, 5.74) is 12.4. The highest BCUT2D eigenvalue weighted by Crippen LogP contribution is 1.65. The van der Waals surface area contributed by atoms with Gasteiger partial charge in [-0.3, -0.25) is 5.41 Å². The van der Waals surface area contributed by atoms with Crippen LogP contribution >= 0.6 is 0 Å². The van der Waals surface area contributed by atoms with Crippen LogP contribution in [0.3, 0.4) is 0 Å². The molecule has 5 heteroatoms. The van der Waals surface area contributed by atoms with Crippen LogP contribution in [0.15, 0.2) is 5.11 Å². The largest absolute Gasteiger partial charge is 0.388 e. The highest BCUT2D eigenvalue weighted by atomic mass is 15.1. The topological polar surface area (TPSA) is 98.6 Å². The van der Waals surface area contributed by atoms with Crippen LogP contribution in [-0.4, -0.2) is 12.4 Å². The molecule has 3 N–H and O–H groups in total. The smallest absolute Gasteiger partial charge is 0.0963 e. The van der Waals surface area contributed by atoms with E-state index in [1.165, 1.54) is 0 Å². The number of nitrogens with one attached hydrogen (secondary N) is 1. The van der Waals surface area contributed by atoms with Crippen LogP contribution in [0, 0.1) is 5.41 Å². The second kappa shape index (κ2) is 2.99. The normalized spacial score (nSPS) is 6.86. The molecule has 7 heavy (non-hydrogen) atoms. The molecule has 0 fully saturated rings. The van der Waals surface area contributed by atoms with Crippen molar-refractivity contribution >= 4 is 5.84 Å². The predicted molar refractivity (Wildman–Crippen MR) is 25.9 cm³/mol. The van der Waals surface area contributed by atoms with E-state index in [0.717, 1.165) is 0 Å². The van der Waals surface area contributed by atoms with Crippen LogP contribution in [0.4, 0.5) is 0 Å². The minimum atomic E-state index is -0.113. The molecule has 0 radical (unpaired) electrons. The number of hydrogen-bond acceptors (Lipinski definition) is 2. The molecule has 0 atom stereocenters. The Bertz CT molecular complexity index is 109. The second-order valence-corrected chi connectivity index (χ2v) is 0.914. The van der Waals surface area contributed by atoms with Gasteiger partial charge in [0, 0.05) is 4.91 Å². The fourth-order valence-electron chi connectivity index (χ4n) is 0.108. The fourth-order valence-corrected chi connectivity index (χ4v) is 0.108. The van der Waals surface area contributed by atoms with Crippen molar-refractivity contribution in [2.45, 2.75) is 0 Å². The third-order valence-corrected chi connectivity index (χ3v) is 0.304. The molecule has 5 nitrogen and oxygen atoms in total. The molecule has 0 aliphatic carbocycles. The SMILES string of the molecule is [N-]=[N+]=NCC(=N)N. The zero-order valence-corrected chi connectivity index (χ0v) is 3.63. The predicted octanol–water partition coefficient (Wildman–Crippen LogP) is 0.233. The third-order valence-electron chi connectivity index (χ3n) is 0.304. The van der Waals surface area contributed by atoms with Crippen LogP contribution in [0.2, 0.25) is 0 Å². The first-order chi connectivity index (χ1) is 3.27. The van der Waals surface area contributed by atoms with Gasteiger partial charge in [0.1, 0.15) is 0 Å². The van der Waals surface area contributed by atoms with Crippen molar-refractivity contribution in [1.29, 1.82) is 5.41 Å². The van der Waals surface area contributed by atoms with Crippen LogP contribution < -0.4 is 5.73 Å². The maximum atomic E-state index is 7.62. The van der Waals surface area contributed by atoms with E-state index in [1.807, 2.05) is 0 Å². The van der Waals surface area contributed by atoms with Gasteiger partial charge in [0.2, 0.25) is 0 Å². The van der Waals surface area contributed by atoms with Crippen molar-refractivity contribution in [3.8, 4) is 0 Å². The summed E-state index contributed by atoms with van der Waals surface area (Å²) in [6.07, 6.45) is 0. The molecule has 0 aliphatic heterocycles. The number of nitrogens with zero attached hydrogens (tertiary/aromatic N) is 3. The standard InChI is InChI=1S/C2H5N5/c3-2(4)1-6-7-5/h1H2,(H3,3,4). The molecule has 0 spiro atoms. The molecule has 0 saturated heterocycles. The fraction of sp³-hybridized carbons (Fsp3) is 0.500. The zero-order valence-electron chi connectivity index (χ0n) is 3.63. The minimum absolute atomic E-state index is 0.0312. The monoisotopic (exact) mass is 99.1 g/mol. The summed E-state index contributed by atoms with van der Waals surface area (Å²) in [6.45, 7) is -0.0312. The molecule has 0 aromatic heterocycles. The highest BCUT2D eigenvalue weighted by molar-refractivity contribution is 5.78. The second-order valence-electron chi connectivity index (χ2n) is 0.914. The van der Waals surface area contributed by atoms with Gasteiger partial charge in [0.05, 0.1) is 12.4 Å². The Morgan fingerprint density at radius 1 is 2.00 bits per heavy atom. The van der Waals surface area contributed by atoms with Gasteiger partial charge < -0.3 is 5.73 Å². The lowest BCUT2D eigenvalue weighted by Gasteiger charge is -1.80. The number of nitrogens with two attached hydrogens (primary N) is 1. The van der Waals surface area contributed by atoms with Crippen molar-refractivity contribution in [3.05, 3.63) is 10.4 Å². The summed E-state index contributed by atoms with van der Waals surface area (Å²) in [5, 5.41) is 9.51. The molecule has 38 valence electrons. The van der Waals surface area contributed by atoms with Crippen molar-refractivity contribution < 1.29 is 0 Å². The molecule has 0 bridgehead atoms. The van der Waals surface area contributed by atoms with Gasteiger partial charge >= 0.3 is 0 Å². The van der Waals surface area contributed by atoms with Gasteiger partial charge in [0.15, 0.2) is 0 Å². The molecule has 0 saturated carbocycles. The molecular weight excluding hydrogens is 94.1 g/mol. The molecular formula is C2H5N5. The molecule has 0 rings (SSSR count). The van der Waals surface area contributed by atoms with E-state index in [0.29, 0.717) is 0 Å². The van der Waals surface area contributed by atoms with Gasteiger partial charge in [-0.05, 0) is 5.53 Å². The lowest BCUT2D eigenvalue weighted by molar-refractivity contribution is 1.20. The van der Waals surface area contributed by atoms with Gasteiger partial charge in [0.25, 0.3) is 0 Å². The quantitative estimate of drug-likeness (QED) is 0.167. The Morgan fingerprint density at radius 3 is 2.71 bits per heavy atom. The Balaban J connectivity index is 3.32. The van der Waals surface area contributed by atoms with E-state index >= 15 is 0 Å². The Morgan fingerprint density at radius 2 is 2.57 bits per heavy atom. The van der Waals surface area contributed by atoms with E-state index in [4.69, 9.17) is 16.7 Å². The number of rotatable bonds is 2. The molecule has 0 amide bonds. The average molecular weight is 99.1 g/mol. The summed E-state index contributed by atoms with van der Waals surface area (Å²) < 4.78 is 0. The Labute approximate surface area is 40.3 Å². The van der Waals surface area contributed by atoms with Crippen molar-refractivity contribution in [2.75, 3.05) is 6.54 Å². The first kappa shape index (κ1) is 5.78. The first-order valence-electron chi connectivity index (χ1n) is 1.61. The van der Waals surface area contributed by atoms with E-state index < -0.39 is 0 Å². The average Bonchev–Trinajstić information content (AvgIpc) is 1.61. The number of amidine groups is 1. The Hall–Kier alpha value is -1.22. The van der Waals surface area contributed by atoms with E-state index in [1.54, 1.807) is 0 Å². The van der Waals surface area contributed by atoms with Gasteiger partial charge in [-0.15, -0.1) is 0 Å². The molecule has 0 aromatic rings. The first-order valence-corrected chi connectivity index (χ1v) is 1.61. The van der Waals surface area contributed by atoms with Crippen molar-refractivity contribution in [3.63, 3.8) is 0 Å². The number of hydrogen-bond donors (Lipinski definition) is 2. The summed E-state index contributed by atoms with van der Waals surface area (Å²) in [7, 11) is 0. The van der Waals surface area contributed by atoms with E-state index in [9.17, 15) is 0 Å². The van der Waals surface area contributed by atoms with Crippen LogP contribution in [0.5, 0.6) is 0 Å². The highest BCUT2D eigenvalue weighted by Gasteiger charge is 1.77. The minimum Gasteiger partial charge on any atom is -0.388 e. The number of azide groups is 1. The zero-order chi connectivity index (χ0) is 5.70. The Kier molecular flexibility index (Phi) is 2.47. The van der Waals surface area contributed by atoms with Gasteiger partial charge in [-0.2, -0.15) is 0 Å². The van der Waals surface area contributed by atoms with E-state index in [2.05, 4.69) is 10.0 Å². The summed E-state index contributed by atoms with van der Waals surface area (Å²) >= 11 is 0. The van der Waals surface area contributed by atoms with Crippen LogP contribution in [0.1, 0.15) is 0 Å². The molecule has 0 unspecified atom stereocenters. The maximum absolute atomic E-state index is 7.62. The summed E-state index contributed by atoms with van der Waals surface area (Å²) in [6, 6.07) is 0. The van der Waals surface area contributed by atoms with Crippen molar-refractivity contribution in [2.24, 2.45) is 10.8 Å². The lowest BCUT2D eigenvalue weighted by Crippen LogP contribution is -2.12. The molecule has 0 heterocycles. The van der Waals surface area contributed by atoms with Gasteiger partial charge in [-0.1, -0.05) is 5.11 Å². The molecule has 0 aliphatic rings. The summed E-state index contributed by atoms with van der Waals surface area (Å²) in [5.74, 6) is -0.113. The molecule has 0 aromatic carbocycles.